The molecular formula is C21H34O3. The molecule has 0 aromatic carbocycles. The Labute approximate surface area is 146 Å². The van der Waals surface area contributed by atoms with Gasteiger partial charge in [-0.25, -0.2) is 0 Å². The molecule has 3 nitrogen and oxygen atoms in total. The molecule has 0 aromatic heterocycles. The van der Waals surface area contributed by atoms with Crippen LogP contribution >= 0.6 is 0 Å². The van der Waals surface area contributed by atoms with E-state index < -0.39 is 11.7 Å². The van der Waals surface area contributed by atoms with Crippen LogP contribution in [0.3, 0.4) is 0 Å². The predicted molar refractivity (Wildman–Crippen MR) is 94.3 cm³/mol. The normalized spacial score (nSPS) is 56.9. The van der Waals surface area contributed by atoms with Crippen LogP contribution in [0.1, 0.15) is 72.1 Å². The maximum Gasteiger partial charge on any atom is 0.0757 e. The van der Waals surface area contributed by atoms with E-state index in [0.717, 1.165) is 51.4 Å². The largest absolute Gasteiger partial charge is 0.393 e. The van der Waals surface area contributed by atoms with Gasteiger partial charge in [0, 0.05) is 0 Å². The summed E-state index contributed by atoms with van der Waals surface area (Å²) < 4.78 is 0. The zero-order valence-electron chi connectivity index (χ0n) is 15.5. The molecule has 0 heterocycles. The van der Waals surface area contributed by atoms with Crippen molar-refractivity contribution in [2.45, 2.75) is 89.9 Å². The van der Waals surface area contributed by atoms with E-state index in [0.29, 0.717) is 11.8 Å². The lowest BCUT2D eigenvalue weighted by atomic mass is 9.46. The second kappa shape index (κ2) is 5.31. The molecule has 3 N–H and O–H groups in total. The Morgan fingerprint density at radius 2 is 1.75 bits per heavy atom. The van der Waals surface area contributed by atoms with Gasteiger partial charge >= 0.3 is 0 Å². The third kappa shape index (κ3) is 2.01. The van der Waals surface area contributed by atoms with E-state index >= 15 is 0 Å². The fourth-order valence-corrected chi connectivity index (χ4v) is 7.32. The van der Waals surface area contributed by atoms with Gasteiger partial charge in [-0.15, -0.1) is 0 Å². The van der Waals surface area contributed by atoms with Crippen LogP contribution in [0.4, 0.5) is 0 Å². The summed E-state index contributed by atoms with van der Waals surface area (Å²) in [6.07, 6.45) is 9.00. The minimum Gasteiger partial charge on any atom is -0.393 e. The van der Waals surface area contributed by atoms with Crippen molar-refractivity contribution in [1.82, 2.24) is 0 Å². The van der Waals surface area contributed by atoms with Crippen LogP contribution in [0.2, 0.25) is 0 Å². The highest BCUT2D eigenvalue weighted by Gasteiger charge is 2.64. The Hall–Kier alpha value is -0.380. The molecule has 136 valence electrons. The zero-order valence-corrected chi connectivity index (χ0v) is 15.5. The summed E-state index contributed by atoms with van der Waals surface area (Å²) in [5.41, 5.74) is 0.815. The van der Waals surface area contributed by atoms with Crippen molar-refractivity contribution in [3.05, 3.63) is 11.6 Å². The first-order valence-corrected chi connectivity index (χ1v) is 10.0. The summed E-state index contributed by atoms with van der Waals surface area (Å²) in [6, 6.07) is 0. The van der Waals surface area contributed by atoms with E-state index in [1.165, 1.54) is 5.57 Å². The molecule has 4 rings (SSSR count). The Balaban J connectivity index is 1.73. The number of hydrogen-bond acceptors (Lipinski definition) is 3. The highest BCUT2D eigenvalue weighted by molar-refractivity contribution is 5.28. The van der Waals surface area contributed by atoms with Crippen LogP contribution in [0, 0.1) is 28.6 Å². The molecule has 0 aliphatic heterocycles. The van der Waals surface area contributed by atoms with Gasteiger partial charge in [-0.3, -0.25) is 0 Å². The minimum atomic E-state index is -0.560. The highest BCUT2D eigenvalue weighted by atomic mass is 16.3. The molecular weight excluding hydrogens is 300 g/mol. The van der Waals surface area contributed by atoms with Crippen LogP contribution < -0.4 is 0 Å². The van der Waals surface area contributed by atoms with Crippen molar-refractivity contribution in [2.75, 3.05) is 0 Å². The SMILES string of the molecule is CC[C@]1(O)CC[C@H]2[C@@H]3[C@@H](O)C=C4C[C@H](O)CC[C@]4(C)[C@H]3CC[C@@]21C. The lowest BCUT2D eigenvalue weighted by molar-refractivity contribution is -0.144. The van der Waals surface area contributed by atoms with Gasteiger partial charge in [0.2, 0.25) is 0 Å². The quantitative estimate of drug-likeness (QED) is 0.644. The van der Waals surface area contributed by atoms with Crippen molar-refractivity contribution < 1.29 is 15.3 Å². The third-order valence-corrected chi connectivity index (χ3v) is 9.01. The van der Waals surface area contributed by atoms with Gasteiger partial charge in [0.05, 0.1) is 17.8 Å². The first-order valence-electron chi connectivity index (χ1n) is 10.0. The van der Waals surface area contributed by atoms with Gasteiger partial charge in [-0.05, 0) is 80.0 Å². The van der Waals surface area contributed by atoms with Crippen LogP contribution in [0.15, 0.2) is 11.6 Å². The molecule has 4 aliphatic rings. The molecule has 0 amide bonds. The molecule has 0 spiro atoms. The third-order valence-electron chi connectivity index (χ3n) is 9.01. The summed E-state index contributed by atoms with van der Waals surface area (Å²) in [5, 5.41) is 32.3. The number of rotatable bonds is 1. The first-order chi connectivity index (χ1) is 11.2. The summed E-state index contributed by atoms with van der Waals surface area (Å²) >= 11 is 0. The summed E-state index contributed by atoms with van der Waals surface area (Å²) in [5.74, 6) is 1.18. The van der Waals surface area contributed by atoms with Crippen LogP contribution in [0.5, 0.6) is 0 Å². The molecule has 3 saturated carbocycles. The molecule has 8 atom stereocenters. The number of aliphatic hydroxyl groups is 3. The second-order valence-corrected chi connectivity index (χ2v) is 9.67. The number of hydrogen-bond donors (Lipinski definition) is 3. The molecule has 3 fully saturated rings. The van der Waals surface area contributed by atoms with Crippen molar-refractivity contribution >= 4 is 0 Å². The average Bonchev–Trinajstić information content (AvgIpc) is 2.82. The van der Waals surface area contributed by atoms with E-state index in [2.05, 4.69) is 26.8 Å². The molecule has 0 bridgehead atoms. The number of aliphatic hydroxyl groups excluding tert-OH is 2. The van der Waals surface area contributed by atoms with Crippen LogP contribution in [0.25, 0.3) is 0 Å². The standard InChI is InChI=1S/C21H34O3/c1-4-21(24)10-7-16-18-15(6-9-20(16,21)3)19(2)8-5-14(22)11-13(19)12-17(18)23/h12,14-18,22-24H,4-11H2,1-3H3/t14-,15+,16+,17+,18-,19+,20+,21+/m1/s1. The van der Waals surface area contributed by atoms with Gasteiger partial charge in [-0.2, -0.15) is 0 Å². The molecule has 3 heteroatoms. The molecule has 0 radical (unpaired) electrons. The first kappa shape index (κ1) is 17.1. The fraction of sp³-hybridized carbons (Fsp3) is 0.905. The van der Waals surface area contributed by atoms with E-state index in [-0.39, 0.29) is 22.9 Å². The number of fused-ring (bicyclic) bond motifs is 5. The maximum atomic E-state index is 11.2. The Bertz CT molecular complexity index is 557. The predicted octanol–water partition coefficient (Wildman–Crippen LogP) is 3.42. The lowest BCUT2D eigenvalue weighted by Gasteiger charge is -2.60. The molecule has 0 saturated heterocycles. The molecule has 4 aliphatic carbocycles. The summed E-state index contributed by atoms with van der Waals surface area (Å²) in [7, 11) is 0. The average molecular weight is 335 g/mol. The van der Waals surface area contributed by atoms with Gasteiger partial charge in [0.15, 0.2) is 0 Å². The van der Waals surface area contributed by atoms with E-state index in [4.69, 9.17) is 0 Å². The van der Waals surface area contributed by atoms with E-state index in [1.807, 2.05) is 0 Å². The topological polar surface area (TPSA) is 60.7 Å². The lowest BCUT2D eigenvalue weighted by Crippen LogP contribution is -2.57. The highest BCUT2D eigenvalue weighted by Crippen LogP contribution is 2.67. The van der Waals surface area contributed by atoms with Gasteiger partial charge in [0.1, 0.15) is 0 Å². The van der Waals surface area contributed by atoms with Crippen molar-refractivity contribution in [3.63, 3.8) is 0 Å². The van der Waals surface area contributed by atoms with Crippen molar-refractivity contribution in [2.24, 2.45) is 28.6 Å². The van der Waals surface area contributed by atoms with Gasteiger partial charge in [-0.1, -0.05) is 32.4 Å². The summed E-state index contributed by atoms with van der Waals surface area (Å²) in [4.78, 5) is 0. The van der Waals surface area contributed by atoms with Gasteiger partial charge < -0.3 is 15.3 Å². The van der Waals surface area contributed by atoms with Crippen molar-refractivity contribution in [3.8, 4) is 0 Å². The van der Waals surface area contributed by atoms with E-state index in [1.54, 1.807) is 0 Å². The Kier molecular flexibility index (Phi) is 3.77. The van der Waals surface area contributed by atoms with Crippen LogP contribution in [-0.4, -0.2) is 33.1 Å². The minimum absolute atomic E-state index is 0.0558. The molecule has 0 aromatic rings. The smallest absolute Gasteiger partial charge is 0.0757 e. The van der Waals surface area contributed by atoms with Crippen LogP contribution in [-0.2, 0) is 0 Å². The Morgan fingerprint density at radius 3 is 2.46 bits per heavy atom. The fourth-order valence-electron chi connectivity index (χ4n) is 7.32. The second-order valence-electron chi connectivity index (χ2n) is 9.67. The van der Waals surface area contributed by atoms with Gasteiger partial charge in [0.25, 0.3) is 0 Å². The zero-order chi connectivity index (χ0) is 17.3. The summed E-state index contributed by atoms with van der Waals surface area (Å²) in [6.45, 7) is 6.76. The van der Waals surface area contributed by atoms with Crippen molar-refractivity contribution in [1.29, 1.82) is 0 Å². The van der Waals surface area contributed by atoms with E-state index in [9.17, 15) is 15.3 Å². The molecule has 0 unspecified atom stereocenters. The monoisotopic (exact) mass is 334 g/mol. The maximum absolute atomic E-state index is 11.2. The molecule has 24 heavy (non-hydrogen) atoms. The Morgan fingerprint density at radius 1 is 1.04 bits per heavy atom.